The van der Waals surface area contributed by atoms with Crippen LogP contribution in [0.1, 0.15) is 19.4 Å². The van der Waals surface area contributed by atoms with Crippen LogP contribution in [-0.4, -0.2) is 17.3 Å². The smallest absolute Gasteiger partial charge is 0.240 e. The molecule has 0 unspecified atom stereocenters. The molecule has 0 aromatic heterocycles. The van der Waals surface area contributed by atoms with E-state index < -0.39 is 0 Å². The summed E-state index contributed by atoms with van der Waals surface area (Å²) in [5.41, 5.74) is 2.13. The minimum absolute atomic E-state index is 0.100. The molecular formula is C12H16BrNO. The van der Waals surface area contributed by atoms with E-state index in [1.807, 2.05) is 45.0 Å². The average molecular weight is 270 g/mol. The van der Waals surface area contributed by atoms with Crippen LogP contribution in [0.5, 0.6) is 0 Å². The van der Waals surface area contributed by atoms with Crippen molar-refractivity contribution in [2.75, 3.05) is 11.4 Å². The van der Waals surface area contributed by atoms with Crippen molar-refractivity contribution >= 4 is 27.5 Å². The highest BCUT2D eigenvalue weighted by molar-refractivity contribution is 9.10. The zero-order valence-electron chi connectivity index (χ0n) is 9.33. The van der Waals surface area contributed by atoms with Gasteiger partial charge in [0.25, 0.3) is 0 Å². The number of nitrogens with zero attached hydrogens (tertiary/aromatic N) is 1. The van der Waals surface area contributed by atoms with E-state index in [0.29, 0.717) is 6.54 Å². The van der Waals surface area contributed by atoms with Crippen LogP contribution in [-0.2, 0) is 4.79 Å². The number of carbonyl (C=O) groups excluding carboxylic acids is 1. The molecule has 0 N–H and O–H groups in total. The molecular weight excluding hydrogens is 254 g/mol. The second-order valence-corrected chi connectivity index (χ2v) is 4.91. The standard InChI is InChI=1S/C12H16BrNO/c1-4-14(12(15)10(3)13)11-7-5-6-9(2)8-11/h5-8,10H,4H2,1-3H3/t10-/m0/s1. The SMILES string of the molecule is CCN(C(=O)[C@H](C)Br)c1cccc(C)c1. The number of anilines is 1. The van der Waals surface area contributed by atoms with Crippen LogP contribution >= 0.6 is 15.9 Å². The first-order valence-electron chi connectivity index (χ1n) is 5.08. The summed E-state index contributed by atoms with van der Waals surface area (Å²) in [4.78, 5) is 13.5. The second kappa shape index (κ2) is 5.31. The van der Waals surface area contributed by atoms with Crippen molar-refractivity contribution in [1.29, 1.82) is 0 Å². The van der Waals surface area contributed by atoms with Gasteiger partial charge < -0.3 is 4.90 Å². The minimum Gasteiger partial charge on any atom is -0.312 e. The van der Waals surface area contributed by atoms with Crippen molar-refractivity contribution in [2.45, 2.75) is 25.6 Å². The highest BCUT2D eigenvalue weighted by atomic mass is 79.9. The normalized spacial score (nSPS) is 12.3. The lowest BCUT2D eigenvalue weighted by Crippen LogP contribution is -2.35. The number of rotatable bonds is 3. The van der Waals surface area contributed by atoms with Gasteiger partial charge in [-0.25, -0.2) is 0 Å². The average Bonchev–Trinajstić information content (AvgIpc) is 2.18. The molecule has 2 nitrogen and oxygen atoms in total. The molecule has 0 aliphatic rings. The zero-order chi connectivity index (χ0) is 11.4. The van der Waals surface area contributed by atoms with Crippen molar-refractivity contribution in [3.8, 4) is 0 Å². The summed E-state index contributed by atoms with van der Waals surface area (Å²) in [6.45, 7) is 6.55. The van der Waals surface area contributed by atoms with Gasteiger partial charge in [0.2, 0.25) is 5.91 Å². The van der Waals surface area contributed by atoms with E-state index in [4.69, 9.17) is 0 Å². The molecule has 1 atom stereocenters. The summed E-state index contributed by atoms with van der Waals surface area (Å²) in [7, 11) is 0. The summed E-state index contributed by atoms with van der Waals surface area (Å²) in [5.74, 6) is 0.100. The molecule has 0 spiro atoms. The lowest BCUT2D eigenvalue weighted by atomic mass is 10.2. The molecule has 0 saturated heterocycles. The monoisotopic (exact) mass is 269 g/mol. The fourth-order valence-electron chi connectivity index (χ4n) is 1.48. The molecule has 0 radical (unpaired) electrons. The Morgan fingerprint density at radius 3 is 2.67 bits per heavy atom. The second-order valence-electron chi connectivity index (χ2n) is 3.54. The van der Waals surface area contributed by atoms with Gasteiger partial charge >= 0.3 is 0 Å². The fourth-order valence-corrected chi connectivity index (χ4v) is 1.72. The molecule has 1 aromatic rings. The molecule has 15 heavy (non-hydrogen) atoms. The molecule has 1 amide bonds. The number of amides is 1. The van der Waals surface area contributed by atoms with E-state index in [1.165, 1.54) is 5.56 Å². The summed E-state index contributed by atoms with van der Waals surface area (Å²) in [6.07, 6.45) is 0. The highest BCUT2D eigenvalue weighted by Crippen LogP contribution is 2.18. The van der Waals surface area contributed by atoms with Gasteiger partial charge in [-0.15, -0.1) is 0 Å². The lowest BCUT2D eigenvalue weighted by Gasteiger charge is -2.22. The third-order valence-electron chi connectivity index (χ3n) is 2.24. The van der Waals surface area contributed by atoms with Crippen molar-refractivity contribution in [3.05, 3.63) is 29.8 Å². The van der Waals surface area contributed by atoms with E-state index >= 15 is 0 Å². The Bertz CT molecular complexity index is 349. The van der Waals surface area contributed by atoms with E-state index in [9.17, 15) is 4.79 Å². The molecule has 0 fully saturated rings. The first-order valence-corrected chi connectivity index (χ1v) is 6.00. The van der Waals surface area contributed by atoms with Crippen LogP contribution in [0.4, 0.5) is 5.69 Å². The van der Waals surface area contributed by atoms with Crippen molar-refractivity contribution in [3.63, 3.8) is 0 Å². The van der Waals surface area contributed by atoms with Crippen LogP contribution in [0.2, 0.25) is 0 Å². The Labute approximate surface area is 99.4 Å². The maximum atomic E-state index is 11.9. The minimum atomic E-state index is -0.141. The third-order valence-corrected chi connectivity index (χ3v) is 2.63. The van der Waals surface area contributed by atoms with Gasteiger partial charge in [-0.2, -0.15) is 0 Å². The van der Waals surface area contributed by atoms with E-state index in [2.05, 4.69) is 15.9 Å². The van der Waals surface area contributed by atoms with Gasteiger partial charge in [0.15, 0.2) is 0 Å². The quantitative estimate of drug-likeness (QED) is 0.773. The number of benzene rings is 1. The maximum Gasteiger partial charge on any atom is 0.240 e. The predicted octanol–water partition coefficient (Wildman–Crippen LogP) is 3.13. The van der Waals surface area contributed by atoms with E-state index in [1.54, 1.807) is 4.90 Å². The topological polar surface area (TPSA) is 20.3 Å². The van der Waals surface area contributed by atoms with E-state index in [0.717, 1.165) is 5.69 Å². The Hall–Kier alpha value is -0.830. The molecule has 0 heterocycles. The van der Waals surface area contributed by atoms with Gasteiger partial charge in [-0.05, 0) is 38.5 Å². The molecule has 1 rings (SSSR count). The van der Waals surface area contributed by atoms with Crippen molar-refractivity contribution in [2.24, 2.45) is 0 Å². The van der Waals surface area contributed by atoms with Gasteiger partial charge in [-0.1, -0.05) is 28.1 Å². The summed E-state index contributed by atoms with van der Waals surface area (Å²) >= 11 is 3.31. The summed E-state index contributed by atoms with van der Waals surface area (Å²) in [6, 6.07) is 7.99. The number of hydrogen-bond donors (Lipinski definition) is 0. The fraction of sp³-hybridized carbons (Fsp3) is 0.417. The highest BCUT2D eigenvalue weighted by Gasteiger charge is 2.17. The Kier molecular flexibility index (Phi) is 4.33. The van der Waals surface area contributed by atoms with E-state index in [-0.39, 0.29) is 10.7 Å². The Balaban J connectivity index is 2.97. The predicted molar refractivity (Wildman–Crippen MR) is 67.6 cm³/mol. The van der Waals surface area contributed by atoms with Crippen LogP contribution in [0.3, 0.4) is 0 Å². The van der Waals surface area contributed by atoms with Gasteiger partial charge in [0.1, 0.15) is 0 Å². The number of alkyl halides is 1. The molecule has 82 valence electrons. The zero-order valence-corrected chi connectivity index (χ0v) is 10.9. The molecule has 0 saturated carbocycles. The first kappa shape index (κ1) is 12.2. The largest absolute Gasteiger partial charge is 0.312 e. The lowest BCUT2D eigenvalue weighted by molar-refractivity contribution is -0.117. The van der Waals surface area contributed by atoms with Crippen molar-refractivity contribution in [1.82, 2.24) is 0 Å². The first-order chi connectivity index (χ1) is 7.06. The Morgan fingerprint density at radius 1 is 1.53 bits per heavy atom. The van der Waals surface area contributed by atoms with Crippen molar-refractivity contribution < 1.29 is 4.79 Å². The summed E-state index contributed by atoms with van der Waals surface area (Å²) < 4.78 is 0. The number of halogens is 1. The van der Waals surface area contributed by atoms with Gasteiger partial charge in [0.05, 0.1) is 4.83 Å². The van der Waals surface area contributed by atoms with Crippen LogP contribution in [0.25, 0.3) is 0 Å². The number of aryl methyl sites for hydroxylation is 1. The molecule has 3 heteroatoms. The maximum absolute atomic E-state index is 11.9. The third kappa shape index (κ3) is 3.06. The molecule has 0 aliphatic carbocycles. The molecule has 1 aromatic carbocycles. The number of carbonyl (C=O) groups is 1. The van der Waals surface area contributed by atoms with Gasteiger partial charge in [0, 0.05) is 12.2 Å². The Morgan fingerprint density at radius 2 is 2.20 bits per heavy atom. The number of hydrogen-bond acceptors (Lipinski definition) is 1. The van der Waals surface area contributed by atoms with Crippen LogP contribution in [0.15, 0.2) is 24.3 Å². The molecule has 0 aliphatic heterocycles. The summed E-state index contributed by atoms with van der Waals surface area (Å²) in [5, 5.41) is 0. The van der Waals surface area contributed by atoms with Crippen LogP contribution in [0, 0.1) is 6.92 Å². The van der Waals surface area contributed by atoms with Crippen LogP contribution < -0.4 is 4.90 Å². The van der Waals surface area contributed by atoms with Gasteiger partial charge in [-0.3, -0.25) is 4.79 Å². The molecule has 0 bridgehead atoms.